The van der Waals surface area contributed by atoms with Gasteiger partial charge in [0.1, 0.15) is 0 Å². The quantitative estimate of drug-likeness (QED) is 0.0208. The zero-order valence-electron chi connectivity index (χ0n) is 39.0. The van der Waals surface area contributed by atoms with E-state index in [0.717, 1.165) is 62.7 Å². The van der Waals surface area contributed by atoms with Crippen molar-refractivity contribution >= 4 is 71.8 Å². The molecule has 0 fully saturated rings. The number of hydrogen-bond donors (Lipinski definition) is 9. The summed E-state index contributed by atoms with van der Waals surface area (Å²) in [6.45, 7) is 7.28. The standard InChI is InChI=1S/C44H87N9O7S3/c1-3-5-7-9-11-13-15-17-19-21-23-25-34-53(35-26-24-22-20-18-16-14-12-10-8-6-4-2)40(55)28-27-39(54)45-31-36-61-51-42(57)47-33-38-63-52-43(58)48-32-37-62-50-41(56)46-29-30-49-44(59)60/h49H,3-38H2,1-2H3,(H,45,54)(H,59,60)(H2,46,50,56)(H2,47,51,57)(H2,48,52,58). The molecule has 0 bridgehead atoms. The minimum atomic E-state index is -1.16. The SMILES string of the molecule is CCCCCCCCCCCCCCN(CCCCCCCCCCCCCC)C(=O)CCC(=O)NCCSNC(=O)NCCSNC(=O)NCCSNC(=O)NCCNC(=O)O. The maximum atomic E-state index is 13.3. The molecule has 16 nitrogen and oxygen atoms in total. The van der Waals surface area contributed by atoms with Crippen LogP contribution in [0.5, 0.6) is 0 Å². The lowest BCUT2D eigenvalue weighted by atomic mass is 10.0. The molecule has 0 aromatic rings. The van der Waals surface area contributed by atoms with Crippen LogP contribution in [0.2, 0.25) is 0 Å². The van der Waals surface area contributed by atoms with Crippen molar-refractivity contribution < 1.29 is 33.9 Å². The van der Waals surface area contributed by atoms with Gasteiger partial charge in [0, 0.05) is 75.9 Å². The molecule has 19 heteroatoms. The molecule has 0 aliphatic rings. The number of nitrogens with zero attached hydrogens (tertiary/aromatic N) is 1. The number of nitrogens with one attached hydrogen (secondary N) is 8. The summed E-state index contributed by atoms with van der Waals surface area (Å²) in [4.78, 5) is 73.8. The number of rotatable bonds is 44. The van der Waals surface area contributed by atoms with E-state index in [1.165, 1.54) is 140 Å². The van der Waals surface area contributed by atoms with E-state index in [2.05, 4.69) is 54.6 Å². The molecule has 0 unspecified atom stereocenters. The second-order valence-corrected chi connectivity index (χ2v) is 18.6. The number of amides is 9. The Morgan fingerprint density at radius 1 is 0.397 bits per heavy atom. The first-order chi connectivity index (χ1) is 30.7. The Balaban J connectivity index is 4.17. The third-order valence-electron chi connectivity index (χ3n) is 10.2. The number of carboxylic acid groups (broad SMARTS) is 1. The van der Waals surface area contributed by atoms with Crippen LogP contribution in [-0.2, 0) is 9.59 Å². The third kappa shape index (κ3) is 45.4. The average molecular weight is 950 g/mol. The first-order valence-corrected chi connectivity index (χ1v) is 27.1. The molecular weight excluding hydrogens is 863 g/mol. The Morgan fingerprint density at radius 2 is 0.714 bits per heavy atom. The fourth-order valence-corrected chi connectivity index (χ4v) is 8.12. The Kier molecular flexibility index (Phi) is 44.9. The van der Waals surface area contributed by atoms with Crippen LogP contribution in [0.15, 0.2) is 0 Å². The minimum absolute atomic E-state index is 0.0655. The second kappa shape index (κ2) is 47.0. The van der Waals surface area contributed by atoms with Crippen molar-refractivity contribution in [2.45, 2.75) is 181 Å². The van der Waals surface area contributed by atoms with Gasteiger partial charge in [-0.3, -0.25) is 23.8 Å². The van der Waals surface area contributed by atoms with Crippen molar-refractivity contribution in [2.75, 3.05) is 63.1 Å². The van der Waals surface area contributed by atoms with E-state index in [1.54, 1.807) is 0 Å². The lowest BCUT2D eigenvalue weighted by Crippen LogP contribution is -2.38. The maximum Gasteiger partial charge on any atom is 0.404 e. The summed E-state index contributed by atoms with van der Waals surface area (Å²) in [5.41, 5.74) is 0. The molecule has 368 valence electrons. The molecule has 0 aliphatic heterocycles. The Labute approximate surface area is 393 Å². The smallest absolute Gasteiger partial charge is 0.404 e. The van der Waals surface area contributed by atoms with Gasteiger partial charge in [-0.05, 0) is 48.7 Å². The van der Waals surface area contributed by atoms with Crippen LogP contribution in [-0.4, -0.2) is 109 Å². The molecule has 9 amide bonds. The summed E-state index contributed by atoms with van der Waals surface area (Å²) < 4.78 is 7.80. The molecule has 0 aromatic heterocycles. The lowest BCUT2D eigenvalue weighted by Gasteiger charge is -2.23. The average Bonchev–Trinajstić information content (AvgIpc) is 3.26. The Morgan fingerprint density at radius 3 is 1.08 bits per heavy atom. The molecule has 0 saturated carbocycles. The van der Waals surface area contributed by atoms with Crippen molar-refractivity contribution in [3.8, 4) is 0 Å². The normalized spacial score (nSPS) is 10.8. The van der Waals surface area contributed by atoms with Gasteiger partial charge in [-0.1, -0.05) is 155 Å². The molecule has 0 saturated heterocycles. The van der Waals surface area contributed by atoms with Crippen molar-refractivity contribution in [3.63, 3.8) is 0 Å². The molecule has 0 spiro atoms. The van der Waals surface area contributed by atoms with Gasteiger partial charge in [0.2, 0.25) is 11.8 Å². The predicted octanol–water partition coefficient (Wildman–Crippen LogP) is 9.22. The number of carbonyl (C=O) groups excluding carboxylic acids is 5. The molecule has 0 radical (unpaired) electrons. The van der Waals surface area contributed by atoms with Gasteiger partial charge in [0.25, 0.3) is 0 Å². The Hall–Kier alpha value is -2.93. The molecular formula is C44H87N9O7S3. The van der Waals surface area contributed by atoms with Gasteiger partial charge in [-0.2, -0.15) is 0 Å². The molecule has 0 rings (SSSR count). The first-order valence-electron chi connectivity index (χ1n) is 24.2. The number of unbranched alkanes of at least 4 members (excludes halogenated alkanes) is 22. The second-order valence-electron chi connectivity index (χ2n) is 15.9. The van der Waals surface area contributed by atoms with Crippen LogP contribution in [0.1, 0.15) is 181 Å². The molecule has 0 aliphatic carbocycles. The van der Waals surface area contributed by atoms with E-state index in [0.29, 0.717) is 36.9 Å². The van der Waals surface area contributed by atoms with Crippen LogP contribution in [0, 0.1) is 0 Å². The number of hydrogen-bond acceptors (Lipinski definition) is 9. The van der Waals surface area contributed by atoms with Crippen molar-refractivity contribution in [1.29, 1.82) is 0 Å². The summed E-state index contributed by atoms with van der Waals surface area (Å²) in [6, 6.07) is -1.25. The van der Waals surface area contributed by atoms with E-state index in [9.17, 15) is 28.8 Å². The van der Waals surface area contributed by atoms with E-state index < -0.39 is 18.2 Å². The lowest BCUT2D eigenvalue weighted by molar-refractivity contribution is -0.133. The van der Waals surface area contributed by atoms with Crippen LogP contribution < -0.4 is 40.8 Å². The maximum absolute atomic E-state index is 13.3. The van der Waals surface area contributed by atoms with E-state index in [1.807, 2.05) is 4.90 Å². The van der Waals surface area contributed by atoms with Crippen LogP contribution in [0.3, 0.4) is 0 Å². The van der Waals surface area contributed by atoms with Gasteiger partial charge in [-0.15, -0.1) is 0 Å². The summed E-state index contributed by atoms with van der Waals surface area (Å²) in [5, 5.41) is 21.3. The number of urea groups is 3. The summed E-state index contributed by atoms with van der Waals surface area (Å²) in [7, 11) is 0. The predicted molar refractivity (Wildman–Crippen MR) is 264 cm³/mol. The highest BCUT2D eigenvalue weighted by Gasteiger charge is 2.15. The van der Waals surface area contributed by atoms with Crippen LogP contribution >= 0.6 is 35.8 Å². The topological polar surface area (TPSA) is 222 Å². The van der Waals surface area contributed by atoms with Gasteiger partial charge in [-0.25, -0.2) is 19.2 Å². The fraction of sp³-hybridized carbons (Fsp3) is 0.864. The van der Waals surface area contributed by atoms with Crippen LogP contribution in [0.25, 0.3) is 0 Å². The highest BCUT2D eigenvalue weighted by Crippen LogP contribution is 2.15. The van der Waals surface area contributed by atoms with Crippen molar-refractivity contribution in [2.24, 2.45) is 0 Å². The van der Waals surface area contributed by atoms with E-state index >= 15 is 0 Å². The monoisotopic (exact) mass is 950 g/mol. The third-order valence-corrected chi connectivity index (χ3v) is 12.4. The summed E-state index contributed by atoms with van der Waals surface area (Å²) >= 11 is 3.39. The van der Waals surface area contributed by atoms with E-state index in [-0.39, 0.29) is 43.8 Å². The molecule has 9 N–H and O–H groups in total. The largest absolute Gasteiger partial charge is 0.465 e. The zero-order chi connectivity index (χ0) is 46.3. The highest BCUT2D eigenvalue weighted by molar-refractivity contribution is 7.98. The minimum Gasteiger partial charge on any atom is -0.465 e. The summed E-state index contributed by atoms with van der Waals surface area (Å²) in [5.74, 6) is 1.22. The van der Waals surface area contributed by atoms with Gasteiger partial charge >= 0.3 is 24.2 Å². The fourth-order valence-electron chi connectivity index (χ4n) is 6.59. The molecule has 0 atom stereocenters. The van der Waals surface area contributed by atoms with Gasteiger partial charge in [0.05, 0.1) is 0 Å². The van der Waals surface area contributed by atoms with Crippen LogP contribution in [0.4, 0.5) is 19.2 Å². The molecule has 0 aromatic carbocycles. The summed E-state index contributed by atoms with van der Waals surface area (Å²) in [6.07, 6.45) is 30.0. The first kappa shape index (κ1) is 60.1. The van der Waals surface area contributed by atoms with E-state index in [4.69, 9.17) is 5.11 Å². The van der Waals surface area contributed by atoms with Crippen molar-refractivity contribution in [3.05, 3.63) is 0 Å². The molecule has 63 heavy (non-hydrogen) atoms. The Bertz CT molecular complexity index is 1140. The highest BCUT2D eigenvalue weighted by atomic mass is 32.2. The van der Waals surface area contributed by atoms with Gasteiger partial charge in [0.15, 0.2) is 0 Å². The zero-order valence-corrected chi connectivity index (χ0v) is 41.5. The number of carbonyl (C=O) groups is 6. The van der Waals surface area contributed by atoms with Gasteiger partial charge < -0.3 is 36.6 Å². The molecule has 0 heterocycles. The van der Waals surface area contributed by atoms with Crippen molar-refractivity contribution in [1.82, 2.24) is 45.7 Å².